The van der Waals surface area contributed by atoms with Gasteiger partial charge in [0, 0.05) is 24.3 Å². The Morgan fingerprint density at radius 1 is 1.09 bits per heavy atom. The second kappa shape index (κ2) is 10.1. The molecule has 2 heterocycles. The highest BCUT2D eigenvalue weighted by Crippen LogP contribution is 2.31. The summed E-state index contributed by atoms with van der Waals surface area (Å²) in [7, 11) is 0. The first kappa shape index (κ1) is 24.2. The molecule has 1 N–H and O–H groups in total. The Balaban J connectivity index is 1.73. The number of anilines is 1. The molecule has 35 heavy (non-hydrogen) atoms. The van der Waals surface area contributed by atoms with Crippen molar-refractivity contribution in [2.75, 3.05) is 11.4 Å². The molecule has 2 aromatic heterocycles. The third kappa shape index (κ3) is 4.83. The number of carbonyl (C=O) groups is 1. The number of aromatic nitrogens is 3. The van der Waals surface area contributed by atoms with Crippen LogP contribution in [0.5, 0.6) is 0 Å². The molecule has 1 unspecified atom stereocenters. The van der Waals surface area contributed by atoms with E-state index in [1.54, 1.807) is 6.08 Å². The predicted octanol–water partition coefficient (Wildman–Crippen LogP) is 5.79. The minimum atomic E-state index is -0.893. The largest absolute Gasteiger partial charge is 0.479 e. The van der Waals surface area contributed by atoms with Crippen molar-refractivity contribution in [3.05, 3.63) is 101 Å². The fraction of sp³-hybridized carbons (Fsp3) is 0.276. The van der Waals surface area contributed by atoms with Gasteiger partial charge in [-0.3, -0.25) is 0 Å². The number of imidazole rings is 1. The molecule has 4 aromatic rings. The number of aryl methyl sites for hydroxylation is 4. The maximum Gasteiger partial charge on any atom is 0.331 e. The van der Waals surface area contributed by atoms with Crippen LogP contribution in [0.1, 0.15) is 46.7 Å². The molecule has 0 saturated carbocycles. The molecule has 0 aliphatic carbocycles. The lowest BCUT2D eigenvalue weighted by Crippen LogP contribution is -2.34. The molecule has 180 valence electrons. The summed E-state index contributed by atoms with van der Waals surface area (Å²) in [6.45, 7) is 13.2. The Kier molecular flexibility index (Phi) is 7.01. The normalized spacial score (nSPS) is 12.0. The average Bonchev–Trinajstić information content (AvgIpc) is 3.17. The lowest BCUT2D eigenvalue weighted by molar-refractivity contribution is -0.138. The maximum absolute atomic E-state index is 12.3. The number of aliphatic carboxylic acids is 1. The fourth-order valence-corrected chi connectivity index (χ4v) is 4.78. The van der Waals surface area contributed by atoms with E-state index in [0.717, 1.165) is 57.0 Å². The fourth-order valence-electron chi connectivity index (χ4n) is 4.78. The zero-order chi connectivity index (χ0) is 25.1. The Bertz CT molecular complexity index is 1370. The number of nitrogens with zero attached hydrogens (tertiary/aromatic N) is 4. The van der Waals surface area contributed by atoms with E-state index in [1.807, 2.05) is 55.1 Å². The minimum absolute atomic E-state index is 0.417. The van der Waals surface area contributed by atoms with E-state index in [0.29, 0.717) is 13.1 Å². The van der Waals surface area contributed by atoms with Gasteiger partial charge in [0.15, 0.2) is 11.7 Å². The number of hydrogen-bond acceptors (Lipinski definition) is 4. The van der Waals surface area contributed by atoms with Crippen LogP contribution in [0, 0.1) is 20.8 Å². The molecule has 6 nitrogen and oxygen atoms in total. The Morgan fingerprint density at radius 3 is 2.46 bits per heavy atom. The molecule has 2 aromatic carbocycles. The summed E-state index contributed by atoms with van der Waals surface area (Å²) >= 11 is 0. The highest BCUT2D eigenvalue weighted by atomic mass is 16.4. The first-order valence-electron chi connectivity index (χ1n) is 11.9. The predicted molar refractivity (Wildman–Crippen MR) is 141 cm³/mol. The third-order valence-electron chi connectivity index (χ3n) is 6.32. The molecule has 0 fully saturated rings. The van der Waals surface area contributed by atoms with E-state index in [4.69, 9.17) is 9.97 Å². The molecular formula is C29H32N4O2. The molecule has 0 amide bonds. The van der Waals surface area contributed by atoms with Gasteiger partial charge >= 0.3 is 5.97 Å². The highest BCUT2D eigenvalue weighted by molar-refractivity contribution is 5.81. The van der Waals surface area contributed by atoms with Crippen molar-refractivity contribution < 1.29 is 9.90 Å². The lowest BCUT2D eigenvalue weighted by atomic mass is 10.0. The number of hydrogen-bond donors (Lipinski definition) is 1. The quantitative estimate of drug-likeness (QED) is 0.315. The number of rotatable bonds is 9. The van der Waals surface area contributed by atoms with Gasteiger partial charge in [-0.1, -0.05) is 55.5 Å². The van der Waals surface area contributed by atoms with Crippen LogP contribution in [0.25, 0.3) is 11.2 Å². The molecule has 0 radical (unpaired) electrons. The van der Waals surface area contributed by atoms with Gasteiger partial charge in [0.1, 0.15) is 11.3 Å². The summed E-state index contributed by atoms with van der Waals surface area (Å²) in [6.07, 6.45) is 2.56. The first-order valence-corrected chi connectivity index (χ1v) is 11.9. The molecular weight excluding hydrogens is 436 g/mol. The van der Waals surface area contributed by atoms with E-state index in [1.165, 1.54) is 0 Å². The van der Waals surface area contributed by atoms with Gasteiger partial charge in [-0.05, 0) is 55.2 Å². The topological polar surface area (TPSA) is 71.2 Å². The summed E-state index contributed by atoms with van der Waals surface area (Å²) in [6, 6.07) is 16.8. The molecule has 4 rings (SSSR count). The summed E-state index contributed by atoms with van der Waals surface area (Å²) in [5.74, 6) is 0.113. The van der Waals surface area contributed by atoms with Gasteiger partial charge in [0.25, 0.3) is 0 Å². The van der Waals surface area contributed by atoms with Crippen molar-refractivity contribution in [1.29, 1.82) is 0 Å². The van der Waals surface area contributed by atoms with E-state index >= 15 is 0 Å². The Labute approximate surface area is 206 Å². The molecule has 0 bridgehead atoms. The number of carboxylic acid groups (broad SMARTS) is 1. The van der Waals surface area contributed by atoms with Gasteiger partial charge in [0.05, 0.1) is 6.54 Å². The number of carboxylic acids is 1. The van der Waals surface area contributed by atoms with Gasteiger partial charge in [-0.2, -0.15) is 0 Å². The zero-order valence-electron chi connectivity index (χ0n) is 20.8. The number of benzene rings is 2. The van der Waals surface area contributed by atoms with Gasteiger partial charge in [-0.15, -0.1) is 6.58 Å². The maximum atomic E-state index is 12.3. The summed E-state index contributed by atoms with van der Waals surface area (Å²) in [4.78, 5) is 23.9. The summed E-state index contributed by atoms with van der Waals surface area (Å²) < 4.78 is 2.19. The molecule has 0 saturated heterocycles. The van der Waals surface area contributed by atoms with E-state index in [9.17, 15) is 9.90 Å². The zero-order valence-corrected chi connectivity index (χ0v) is 20.8. The van der Waals surface area contributed by atoms with Crippen molar-refractivity contribution in [3.63, 3.8) is 0 Å². The van der Waals surface area contributed by atoms with Crippen LogP contribution in [-0.4, -0.2) is 32.2 Å². The molecule has 6 heteroatoms. The number of fused-ring (bicyclic) bond motifs is 1. The molecule has 0 spiro atoms. The van der Waals surface area contributed by atoms with E-state index < -0.39 is 12.0 Å². The molecule has 0 aliphatic heterocycles. The van der Waals surface area contributed by atoms with Crippen LogP contribution < -0.4 is 4.90 Å². The van der Waals surface area contributed by atoms with Crippen LogP contribution in [-0.2, 0) is 17.8 Å². The number of pyridine rings is 1. The van der Waals surface area contributed by atoms with Gasteiger partial charge in [0.2, 0.25) is 0 Å². The smallest absolute Gasteiger partial charge is 0.331 e. The minimum Gasteiger partial charge on any atom is -0.479 e. The van der Waals surface area contributed by atoms with Crippen LogP contribution in [0.3, 0.4) is 0 Å². The summed E-state index contributed by atoms with van der Waals surface area (Å²) in [5.41, 5.74) is 7.70. The van der Waals surface area contributed by atoms with Crippen LogP contribution in [0.15, 0.2) is 67.3 Å². The van der Waals surface area contributed by atoms with Crippen molar-refractivity contribution in [3.8, 4) is 0 Å². The van der Waals surface area contributed by atoms with Crippen LogP contribution >= 0.6 is 0 Å². The van der Waals surface area contributed by atoms with Gasteiger partial charge < -0.3 is 14.6 Å². The second-order valence-corrected chi connectivity index (χ2v) is 8.93. The second-order valence-electron chi connectivity index (χ2n) is 8.93. The van der Waals surface area contributed by atoms with Crippen molar-refractivity contribution in [2.45, 2.75) is 46.7 Å². The SMILES string of the molecule is C=CCN(c1ccc(Cn2c(CC)nc3c(C)cc(C)nc32)cc1C)C(C(=O)O)c1ccccc1. The van der Waals surface area contributed by atoms with Crippen molar-refractivity contribution in [2.24, 2.45) is 0 Å². The summed E-state index contributed by atoms with van der Waals surface area (Å²) in [5, 5.41) is 10.1. The highest BCUT2D eigenvalue weighted by Gasteiger charge is 2.28. The molecule has 0 aliphatic rings. The monoisotopic (exact) mass is 468 g/mol. The van der Waals surface area contributed by atoms with Crippen molar-refractivity contribution >= 4 is 22.8 Å². The Morgan fingerprint density at radius 2 is 1.83 bits per heavy atom. The van der Waals surface area contributed by atoms with Crippen molar-refractivity contribution in [1.82, 2.24) is 14.5 Å². The van der Waals surface area contributed by atoms with Crippen LogP contribution in [0.2, 0.25) is 0 Å². The van der Waals surface area contributed by atoms with E-state index in [2.05, 4.69) is 43.2 Å². The van der Waals surface area contributed by atoms with E-state index in [-0.39, 0.29) is 0 Å². The van der Waals surface area contributed by atoms with Gasteiger partial charge in [-0.25, -0.2) is 14.8 Å². The Hall–Kier alpha value is -3.93. The third-order valence-corrected chi connectivity index (χ3v) is 6.32. The first-order chi connectivity index (χ1) is 16.8. The standard InChI is InChI=1S/C29H32N4O2/c1-6-15-32(27(29(34)35)23-11-9-8-10-12-23)24-14-13-22(17-19(24)3)18-33-25(7-2)31-26-20(4)16-21(5)30-28(26)33/h6,8-14,16-17,27H,1,7,15,18H2,2-5H3,(H,34,35). The molecule has 1 atom stereocenters. The van der Waals surface area contributed by atoms with Crippen LogP contribution in [0.4, 0.5) is 5.69 Å². The lowest BCUT2D eigenvalue weighted by Gasteiger charge is -2.32. The average molecular weight is 469 g/mol.